The van der Waals surface area contributed by atoms with Gasteiger partial charge < -0.3 is 14.2 Å². The van der Waals surface area contributed by atoms with Crippen molar-refractivity contribution in [3.63, 3.8) is 0 Å². The Labute approximate surface area is 187 Å². The van der Waals surface area contributed by atoms with Crippen LogP contribution in [0.5, 0.6) is 5.75 Å². The van der Waals surface area contributed by atoms with E-state index in [9.17, 15) is 4.79 Å². The molecule has 0 N–H and O–H groups in total. The quantitative estimate of drug-likeness (QED) is 0.455. The zero-order chi connectivity index (χ0) is 22.2. The van der Waals surface area contributed by atoms with Crippen LogP contribution in [0.4, 0.5) is 0 Å². The fourth-order valence-electron chi connectivity index (χ4n) is 4.08. The molecule has 32 heavy (non-hydrogen) atoms. The molecule has 0 fully saturated rings. The Balaban J connectivity index is 1.44. The summed E-state index contributed by atoms with van der Waals surface area (Å²) < 4.78 is 9.74. The Hall–Kier alpha value is -3.80. The predicted molar refractivity (Wildman–Crippen MR) is 123 cm³/mol. The first-order valence-electron chi connectivity index (χ1n) is 10.9. The van der Waals surface area contributed by atoms with Gasteiger partial charge in [-0.05, 0) is 69.3 Å². The number of nitrogens with zero attached hydrogens (tertiary/aromatic N) is 4. The summed E-state index contributed by atoms with van der Waals surface area (Å²) in [6.45, 7) is 7.06. The van der Waals surface area contributed by atoms with Crippen molar-refractivity contribution < 1.29 is 9.53 Å². The SMILES string of the molecule is Cc1ccc(-n2nc3c(c2-n2cccc2)CN(C(=O)c2ccc(OC(C)C)cc2)C3)cc1. The van der Waals surface area contributed by atoms with E-state index in [0.29, 0.717) is 18.7 Å². The average Bonchev–Trinajstić information content (AvgIpc) is 3.50. The zero-order valence-electron chi connectivity index (χ0n) is 18.5. The van der Waals surface area contributed by atoms with Gasteiger partial charge in [-0.1, -0.05) is 17.7 Å². The molecule has 5 rings (SSSR count). The second-order valence-electron chi connectivity index (χ2n) is 8.44. The molecular weight excluding hydrogens is 400 g/mol. The van der Waals surface area contributed by atoms with Crippen LogP contribution in [0.2, 0.25) is 0 Å². The van der Waals surface area contributed by atoms with Crippen LogP contribution < -0.4 is 4.74 Å². The average molecular weight is 427 g/mol. The van der Waals surface area contributed by atoms with Crippen molar-refractivity contribution in [3.05, 3.63) is 95.4 Å². The minimum atomic E-state index is -0.000519. The monoisotopic (exact) mass is 426 g/mol. The number of benzene rings is 2. The van der Waals surface area contributed by atoms with Crippen molar-refractivity contribution in [1.82, 2.24) is 19.2 Å². The van der Waals surface area contributed by atoms with Crippen molar-refractivity contribution in [2.75, 3.05) is 0 Å². The van der Waals surface area contributed by atoms with Crippen LogP contribution in [0.25, 0.3) is 11.5 Å². The van der Waals surface area contributed by atoms with E-state index < -0.39 is 0 Å². The van der Waals surface area contributed by atoms with Gasteiger partial charge in [-0.3, -0.25) is 4.79 Å². The number of carbonyl (C=O) groups excluding carboxylic acids is 1. The largest absolute Gasteiger partial charge is 0.491 e. The highest BCUT2D eigenvalue weighted by atomic mass is 16.5. The van der Waals surface area contributed by atoms with E-state index in [-0.39, 0.29) is 12.0 Å². The van der Waals surface area contributed by atoms with Crippen LogP contribution >= 0.6 is 0 Å². The Morgan fingerprint density at radius 3 is 2.31 bits per heavy atom. The number of carbonyl (C=O) groups is 1. The topological polar surface area (TPSA) is 52.3 Å². The lowest BCUT2D eigenvalue weighted by Crippen LogP contribution is -2.26. The number of aryl methyl sites for hydroxylation is 1. The van der Waals surface area contributed by atoms with Gasteiger partial charge in [0.15, 0.2) is 0 Å². The molecule has 0 spiro atoms. The number of aromatic nitrogens is 3. The summed E-state index contributed by atoms with van der Waals surface area (Å²) in [6, 6.07) is 19.7. The van der Waals surface area contributed by atoms with Crippen LogP contribution in [0, 0.1) is 6.92 Å². The number of ether oxygens (including phenoxy) is 1. The van der Waals surface area contributed by atoms with Crippen LogP contribution in [0.15, 0.2) is 73.1 Å². The van der Waals surface area contributed by atoms with E-state index in [4.69, 9.17) is 9.84 Å². The smallest absolute Gasteiger partial charge is 0.254 e. The van der Waals surface area contributed by atoms with Crippen LogP contribution in [0.1, 0.15) is 41.0 Å². The lowest BCUT2D eigenvalue weighted by molar-refractivity contribution is 0.0749. The van der Waals surface area contributed by atoms with Crippen molar-refractivity contribution in [3.8, 4) is 17.3 Å². The van der Waals surface area contributed by atoms with E-state index in [1.807, 2.05) is 72.2 Å². The first-order valence-corrected chi connectivity index (χ1v) is 10.9. The molecule has 2 aromatic carbocycles. The highest BCUT2D eigenvalue weighted by Crippen LogP contribution is 2.31. The summed E-state index contributed by atoms with van der Waals surface area (Å²) in [5.74, 6) is 1.75. The highest BCUT2D eigenvalue weighted by Gasteiger charge is 2.31. The Morgan fingerprint density at radius 1 is 0.969 bits per heavy atom. The number of fused-ring (bicyclic) bond motifs is 1. The van der Waals surface area contributed by atoms with Gasteiger partial charge in [0.25, 0.3) is 5.91 Å². The minimum absolute atomic E-state index is 0.000519. The molecule has 1 aliphatic rings. The van der Waals surface area contributed by atoms with E-state index >= 15 is 0 Å². The van der Waals surface area contributed by atoms with Gasteiger partial charge in [0.1, 0.15) is 11.6 Å². The molecule has 6 heteroatoms. The molecule has 4 aromatic rings. The Morgan fingerprint density at radius 2 is 1.66 bits per heavy atom. The number of hydrogen-bond donors (Lipinski definition) is 0. The van der Waals surface area contributed by atoms with Crippen molar-refractivity contribution >= 4 is 5.91 Å². The maximum absolute atomic E-state index is 13.2. The summed E-state index contributed by atoms with van der Waals surface area (Å²) >= 11 is 0. The molecule has 0 atom stereocenters. The van der Waals surface area contributed by atoms with Gasteiger partial charge in [-0.25, -0.2) is 4.68 Å². The maximum atomic E-state index is 13.2. The fraction of sp³-hybridized carbons (Fsp3) is 0.231. The zero-order valence-corrected chi connectivity index (χ0v) is 18.5. The first-order chi connectivity index (χ1) is 15.5. The second kappa shape index (κ2) is 8.04. The standard InChI is InChI=1S/C26H26N4O2/c1-18(2)32-22-12-8-20(9-13-22)26(31)29-16-23-24(17-29)27-30(21-10-6-19(3)7-11-21)25(23)28-14-4-5-15-28/h4-15,18H,16-17H2,1-3H3. The molecule has 1 amide bonds. The normalized spacial score (nSPS) is 12.9. The summed E-state index contributed by atoms with van der Waals surface area (Å²) in [5, 5.41) is 4.90. The molecule has 162 valence electrons. The van der Waals surface area contributed by atoms with Crippen LogP contribution in [-0.2, 0) is 13.1 Å². The van der Waals surface area contributed by atoms with Crippen molar-refractivity contribution in [2.45, 2.75) is 40.0 Å². The van der Waals surface area contributed by atoms with E-state index in [1.165, 1.54) is 5.56 Å². The van der Waals surface area contributed by atoms with Gasteiger partial charge in [-0.15, -0.1) is 0 Å². The third kappa shape index (κ3) is 3.68. The van der Waals surface area contributed by atoms with Gasteiger partial charge in [-0.2, -0.15) is 5.10 Å². The highest BCUT2D eigenvalue weighted by molar-refractivity contribution is 5.94. The molecule has 0 saturated heterocycles. The Kier molecular flexibility index (Phi) is 5.05. The summed E-state index contributed by atoms with van der Waals surface area (Å²) in [4.78, 5) is 15.0. The van der Waals surface area contributed by atoms with Crippen molar-refractivity contribution in [2.24, 2.45) is 0 Å². The van der Waals surface area contributed by atoms with Crippen LogP contribution in [0.3, 0.4) is 0 Å². The van der Waals surface area contributed by atoms with Crippen LogP contribution in [-0.4, -0.2) is 31.3 Å². The van der Waals surface area contributed by atoms with Gasteiger partial charge >= 0.3 is 0 Å². The molecule has 1 aliphatic heterocycles. The first kappa shape index (κ1) is 20.1. The molecule has 0 saturated carbocycles. The number of rotatable bonds is 5. The molecule has 0 bridgehead atoms. The van der Waals surface area contributed by atoms with E-state index in [0.717, 1.165) is 28.5 Å². The lowest BCUT2D eigenvalue weighted by atomic mass is 10.2. The van der Waals surface area contributed by atoms with E-state index in [2.05, 4.69) is 35.8 Å². The number of hydrogen-bond acceptors (Lipinski definition) is 3. The number of amides is 1. The Bertz CT molecular complexity index is 1240. The van der Waals surface area contributed by atoms with Gasteiger partial charge in [0.05, 0.1) is 30.6 Å². The van der Waals surface area contributed by atoms with Gasteiger partial charge in [0, 0.05) is 23.5 Å². The lowest BCUT2D eigenvalue weighted by Gasteiger charge is -2.18. The third-order valence-corrected chi connectivity index (χ3v) is 5.62. The fourth-order valence-corrected chi connectivity index (χ4v) is 4.08. The van der Waals surface area contributed by atoms with E-state index in [1.54, 1.807) is 0 Å². The molecule has 2 aromatic heterocycles. The molecule has 0 unspecified atom stereocenters. The maximum Gasteiger partial charge on any atom is 0.254 e. The van der Waals surface area contributed by atoms with Gasteiger partial charge in [0.2, 0.25) is 0 Å². The molecule has 0 radical (unpaired) electrons. The molecule has 6 nitrogen and oxygen atoms in total. The summed E-state index contributed by atoms with van der Waals surface area (Å²) in [5.41, 5.74) is 4.88. The molecule has 0 aliphatic carbocycles. The van der Waals surface area contributed by atoms with Crippen molar-refractivity contribution in [1.29, 1.82) is 0 Å². The second-order valence-corrected chi connectivity index (χ2v) is 8.44. The molecular formula is C26H26N4O2. The predicted octanol–water partition coefficient (Wildman–Crippen LogP) is 4.91. The third-order valence-electron chi connectivity index (χ3n) is 5.62. The molecule has 3 heterocycles. The minimum Gasteiger partial charge on any atom is -0.491 e. The summed E-state index contributed by atoms with van der Waals surface area (Å²) in [6.07, 6.45) is 4.13. The summed E-state index contributed by atoms with van der Waals surface area (Å²) in [7, 11) is 0.